The van der Waals surface area contributed by atoms with Crippen molar-refractivity contribution in [1.29, 1.82) is 0 Å². The monoisotopic (exact) mass is 444 g/mol. The fourth-order valence-electron chi connectivity index (χ4n) is 3.33. The smallest absolute Gasteiger partial charge is 0.240 e. The van der Waals surface area contributed by atoms with E-state index < -0.39 is 0 Å². The van der Waals surface area contributed by atoms with Crippen LogP contribution in [-0.2, 0) is 20.9 Å². The van der Waals surface area contributed by atoms with Gasteiger partial charge in [0.1, 0.15) is 12.4 Å². The molecule has 2 aromatic carbocycles. The lowest BCUT2D eigenvalue weighted by Crippen LogP contribution is -2.41. The largest absolute Gasteiger partial charge is 0.350 e. The molecule has 0 fully saturated rings. The highest BCUT2D eigenvalue weighted by molar-refractivity contribution is 6.01. The summed E-state index contributed by atoms with van der Waals surface area (Å²) in [6.45, 7) is 4.12. The lowest BCUT2D eigenvalue weighted by atomic mass is 10.1. The van der Waals surface area contributed by atoms with Gasteiger partial charge in [0.05, 0.1) is 0 Å². The normalized spacial score (nSPS) is 10.4. The quantitative estimate of drug-likeness (QED) is 0.526. The molecule has 0 saturated heterocycles. The van der Waals surface area contributed by atoms with E-state index in [1.165, 1.54) is 4.90 Å². The summed E-state index contributed by atoms with van der Waals surface area (Å²) in [6.07, 6.45) is 1.54. The van der Waals surface area contributed by atoms with Crippen molar-refractivity contribution < 1.29 is 14.4 Å². The van der Waals surface area contributed by atoms with E-state index in [4.69, 9.17) is 0 Å². The van der Waals surface area contributed by atoms with E-state index in [2.05, 4.69) is 15.6 Å². The van der Waals surface area contributed by atoms with Gasteiger partial charge in [0, 0.05) is 31.3 Å². The lowest BCUT2D eigenvalue weighted by Gasteiger charge is -2.25. The number of rotatable bonds is 9. The van der Waals surface area contributed by atoms with Crippen LogP contribution in [0.1, 0.15) is 29.5 Å². The Morgan fingerprint density at radius 3 is 2.33 bits per heavy atom. The van der Waals surface area contributed by atoms with E-state index in [9.17, 15) is 14.4 Å². The molecule has 1 heterocycles. The van der Waals surface area contributed by atoms with Gasteiger partial charge in [-0.25, -0.2) is 4.98 Å². The lowest BCUT2D eigenvalue weighted by molar-refractivity contribution is -0.125. The molecule has 3 rings (SSSR count). The van der Waals surface area contributed by atoms with E-state index in [1.54, 1.807) is 24.4 Å². The molecule has 0 aliphatic heterocycles. The number of nitrogens with one attached hydrogen (secondary N) is 2. The second-order valence-corrected chi connectivity index (χ2v) is 7.72. The molecule has 0 aliphatic carbocycles. The first-order valence-corrected chi connectivity index (χ1v) is 10.8. The number of carbonyl (C=O) groups excluding carboxylic acids is 3. The second kappa shape index (κ2) is 11.6. The summed E-state index contributed by atoms with van der Waals surface area (Å²) in [5, 5.41) is 5.54. The zero-order chi connectivity index (χ0) is 23.6. The highest BCUT2D eigenvalue weighted by atomic mass is 16.2. The van der Waals surface area contributed by atoms with Crippen molar-refractivity contribution in [1.82, 2.24) is 10.3 Å². The third kappa shape index (κ3) is 7.00. The molecule has 7 nitrogen and oxygen atoms in total. The van der Waals surface area contributed by atoms with Gasteiger partial charge in [0.2, 0.25) is 17.7 Å². The molecule has 1 aromatic heterocycles. The van der Waals surface area contributed by atoms with Gasteiger partial charge < -0.3 is 15.5 Å². The zero-order valence-electron chi connectivity index (χ0n) is 18.9. The molecule has 0 aliphatic rings. The minimum Gasteiger partial charge on any atom is -0.350 e. The Balaban J connectivity index is 1.67. The maximum absolute atomic E-state index is 13.1. The van der Waals surface area contributed by atoms with Crippen LogP contribution in [0.2, 0.25) is 0 Å². The van der Waals surface area contributed by atoms with Gasteiger partial charge in [-0.15, -0.1) is 0 Å². The van der Waals surface area contributed by atoms with E-state index in [0.717, 1.165) is 16.7 Å². The van der Waals surface area contributed by atoms with Crippen LogP contribution >= 0.6 is 0 Å². The molecule has 0 saturated carbocycles. The van der Waals surface area contributed by atoms with Gasteiger partial charge in [-0.2, -0.15) is 0 Å². The SMILES string of the molecule is Cc1cccc(N(CC(=O)NCc2ccccc2)C(=O)CCC(=O)Nc2ccccn2)c1C. The van der Waals surface area contributed by atoms with Crippen LogP contribution in [0.3, 0.4) is 0 Å². The summed E-state index contributed by atoms with van der Waals surface area (Å²) in [5.74, 6) is -0.445. The first kappa shape index (κ1) is 23.7. The first-order valence-electron chi connectivity index (χ1n) is 10.8. The Labute approximate surface area is 193 Å². The average molecular weight is 445 g/mol. The Kier molecular flexibility index (Phi) is 8.30. The predicted octanol–water partition coefficient (Wildman–Crippen LogP) is 3.77. The number of nitrogens with zero attached hydrogens (tertiary/aromatic N) is 2. The maximum Gasteiger partial charge on any atom is 0.240 e. The van der Waals surface area contributed by atoms with Crippen LogP contribution in [0, 0.1) is 13.8 Å². The maximum atomic E-state index is 13.1. The molecule has 170 valence electrons. The van der Waals surface area contributed by atoms with Crippen LogP contribution in [0.15, 0.2) is 72.9 Å². The highest BCUT2D eigenvalue weighted by Crippen LogP contribution is 2.23. The summed E-state index contributed by atoms with van der Waals surface area (Å²) in [7, 11) is 0. The van der Waals surface area contributed by atoms with Crippen molar-refractivity contribution >= 4 is 29.2 Å². The van der Waals surface area contributed by atoms with Crippen molar-refractivity contribution in [2.24, 2.45) is 0 Å². The summed E-state index contributed by atoms with van der Waals surface area (Å²) in [4.78, 5) is 43.6. The number of benzene rings is 2. The molecule has 0 spiro atoms. The van der Waals surface area contributed by atoms with Crippen molar-refractivity contribution in [2.45, 2.75) is 33.2 Å². The Morgan fingerprint density at radius 1 is 0.848 bits per heavy atom. The van der Waals surface area contributed by atoms with E-state index in [1.807, 2.05) is 62.4 Å². The molecular formula is C26H28N4O3. The highest BCUT2D eigenvalue weighted by Gasteiger charge is 2.22. The molecule has 33 heavy (non-hydrogen) atoms. The third-order valence-electron chi connectivity index (χ3n) is 5.30. The standard InChI is InChI=1S/C26H28N4O3/c1-19-9-8-12-22(20(19)2)30(18-25(32)28-17-21-10-4-3-5-11-21)26(33)15-14-24(31)29-23-13-6-7-16-27-23/h3-13,16H,14-15,17-18H2,1-2H3,(H,28,32)(H,27,29,31). The number of hydrogen-bond acceptors (Lipinski definition) is 4. The fourth-order valence-corrected chi connectivity index (χ4v) is 3.33. The molecule has 3 aromatic rings. The van der Waals surface area contributed by atoms with Gasteiger partial charge in [0.25, 0.3) is 0 Å². The molecular weight excluding hydrogens is 416 g/mol. The van der Waals surface area contributed by atoms with Gasteiger partial charge in [0.15, 0.2) is 0 Å². The molecule has 0 unspecified atom stereocenters. The second-order valence-electron chi connectivity index (χ2n) is 7.72. The molecule has 0 radical (unpaired) electrons. The van der Waals surface area contributed by atoms with Crippen LogP contribution in [0.25, 0.3) is 0 Å². The minimum atomic E-state index is -0.309. The summed E-state index contributed by atoms with van der Waals surface area (Å²) in [6, 6.07) is 20.4. The number of amides is 3. The molecule has 2 N–H and O–H groups in total. The van der Waals surface area contributed by atoms with Crippen LogP contribution in [0.5, 0.6) is 0 Å². The van der Waals surface area contributed by atoms with Crippen LogP contribution in [0.4, 0.5) is 11.5 Å². The van der Waals surface area contributed by atoms with Gasteiger partial charge in [-0.1, -0.05) is 48.5 Å². The summed E-state index contributed by atoms with van der Waals surface area (Å²) < 4.78 is 0. The van der Waals surface area contributed by atoms with Crippen molar-refractivity contribution in [3.05, 3.63) is 89.6 Å². The third-order valence-corrected chi connectivity index (χ3v) is 5.30. The van der Waals surface area contributed by atoms with Crippen molar-refractivity contribution in [3.63, 3.8) is 0 Å². The predicted molar refractivity (Wildman–Crippen MR) is 129 cm³/mol. The average Bonchev–Trinajstić information content (AvgIpc) is 2.83. The number of aryl methyl sites for hydroxylation is 1. The molecule has 3 amide bonds. The Bertz CT molecular complexity index is 1100. The van der Waals surface area contributed by atoms with Crippen LogP contribution < -0.4 is 15.5 Å². The van der Waals surface area contributed by atoms with Crippen molar-refractivity contribution in [2.75, 3.05) is 16.8 Å². The van der Waals surface area contributed by atoms with Gasteiger partial charge >= 0.3 is 0 Å². The zero-order valence-corrected chi connectivity index (χ0v) is 18.9. The number of aromatic nitrogens is 1. The fraction of sp³-hybridized carbons (Fsp3) is 0.231. The minimum absolute atomic E-state index is 0.0115. The van der Waals surface area contributed by atoms with Gasteiger partial charge in [-0.05, 0) is 48.7 Å². The Hall–Kier alpha value is -4.00. The summed E-state index contributed by atoms with van der Waals surface area (Å²) >= 11 is 0. The Morgan fingerprint density at radius 2 is 1.61 bits per heavy atom. The number of anilines is 2. The number of carbonyl (C=O) groups is 3. The van der Waals surface area contributed by atoms with Crippen LogP contribution in [-0.4, -0.2) is 29.3 Å². The summed E-state index contributed by atoms with van der Waals surface area (Å²) in [5.41, 5.74) is 3.57. The topological polar surface area (TPSA) is 91.4 Å². The van der Waals surface area contributed by atoms with E-state index in [-0.39, 0.29) is 37.1 Å². The number of hydrogen-bond donors (Lipinski definition) is 2. The van der Waals surface area contributed by atoms with E-state index >= 15 is 0 Å². The molecule has 7 heteroatoms. The van der Waals surface area contributed by atoms with E-state index in [0.29, 0.717) is 18.1 Å². The molecule has 0 bridgehead atoms. The van der Waals surface area contributed by atoms with Crippen molar-refractivity contribution in [3.8, 4) is 0 Å². The van der Waals surface area contributed by atoms with Gasteiger partial charge in [-0.3, -0.25) is 14.4 Å². The first-order chi connectivity index (χ1) is 15.9. The molecule has 0 atom stereocenters. The number of pyridine rings is 1.